The Bertz CT molecular complexity index is 264. The lowest BCUT2D eigenvalue weighted by molar-refractivity contribution is 0.423. The van der Waals surface area contributed by atoms with E-state index >= 15 is 0 Å². The predicted octanol–water partition coefficient (Wildman–Crippen LogP) is 0.0909. The van der Waals surface area contributed by atoms with Gasteiger partial charge < -0.3 is 5.11 Å². The molecule has 0 bridgehead atoms. The molecule has 9 heavy (non-hydrogen) atoms. The Morgan fingerprint density at radius 2 is 2.22 bits per heavy atom. The normalized spacial score (nSPS) is 9.44. The molecule has 0 spiro atoms. The van der Waals surface area contributed by atoms with Crippen LogP contribution in [0.1, 0.15) is 0 Å². The summed E-state index contributed by atoms with van der Waals surface area (Å²) in [7, 11) is 1.51. The summed E-state index contributed by atoms with van der Waals surface area (Å²) >= 11 is 0. The van der Waals surface area contributed by atoms with Crippen LogP contribution in [0.3, 0.4) is 0 Å². The van der Waals surface area contributed by atoms with Crippen LogP contribution < -0.4 is 5.56 Å². The van der Waals surface area contributed by atoms with Crippen LogP contribution in [-0.2, 0) is 7.05 Å². The van der Waals surface area contributed by atoms with Gasteiger partial charge in [0, 0.05) is 13.1 Å². The van der Waals surface area contributed by atoms with Crippen molar-refractivity contribution in [3.8, 4) is 5.88 Å². The second-order valence-corrected chi connectivity index (χ2v) is 1.78. The summed E-state index contributed by atoms with van der Waals surface area (Å²) in [6, 6.07) is 4.36. The molecule has 1 aromatic rings. The molecule has 0 aliphatic carbocycles. The standard InChI is InChI=1S/C6H7NO2/c1-7-5(8)3-2-4-6(7)9/h2-4,8H,1H3. The summed E-state index contributed by atoms with van der Waals surface area (Å²) in [4.78, 5) is 10.6. The lowest BCUT2D eigenvalue weighted by Gasteiger charge is -1.96. The van der Waals surface area contributed by atoms with Crippen LogP contribution >= 0.6 is 0 Å². The molecule has 1 N–H and O–H groups in total. The molecule has 1 heterocycles. The molecular weight excluding hydrogens is 118 g/mol. The van der Waals surface area contributed by atoms with E-state index in [2.05, 4.69) is 0 Å². The molecule has 0 fully saturated rings. The quantitative estimate of drug-likeness (QED) is 0.534. The van der Waals surface area contributed by atoms with Crippen LogP contribution in [0.15, 0.2) is 23.0 Å². The van der Waals surface area contributed by atoms with E-state index in [9.17, 15) is 4.79 Å². The van der Waals surface area contributed by atoms with Crippen LogP contribution in [-0.4, -0.2) is 9.67 Å². The fourth-order valence-electron chi connectivity index (χ4n) is 0.553. The van der Waals surface area contributed by atoms with Crippen molar-refractivity contribution in [2.75, 3.05) is 0 Å². The summed E-state index contributed by atoms with van der Waals surface area (Å²) in [5, 5.41) is 8.86. The third-order valence-electron chi connectivity index (χ3n) is 1.16. The maximum atomic E-state index is 10.6. The number of aromatic nitrogens is 1. The zero-order valence-electron chi connectivity index (χ0n) is 5.03. The zero-order valence-corrected chi connectivity index (χ0v) is 5.03. The van der Waals surface area contributed by atoms with Crippen molar-refractivity contribution < 1.29 is 5.11 Å². The minimum absolute atomic E-state index is 0.0116. The molecular formula is C6H7NO2. The van der Waals surface area contributed by atoms with Gasteiger partial charge in [0.25, 0.3) is 5.56 Å². The van der Waals surface area contributed by atoms with E-state index in [1.807, 2.05) is 0 Å². The van der Waals surface area contributed by atoms with E-state index < -0.39 is 0 Å². The lowest BCUT2D eigenvalue weighted by atomic mass is 10.5. The number of nitrogens with zero attached hydrogens (tertiary/aromatic N) is 1. The van der Waals surface area contributed by atoms with E-state index in [-0.39, 0.29) is 11.4 Å². The van der Waals surface area contributed by atoms with Gasteiger partial charge in [0.1, 0.15) is 0 Å². The smallest absolute Gasteiger partial charge is 0.253 e. The molecule has 0 aliphatic rings. The Labute approximate surface area is 52.2 Å². The van der Waals surface area contributed by atoms with Gasteiger partial charge in [0.05, 0.1) is 0 Å². The second-order valence-electron chi connectivity index (χ2n) is 1.78. The third-order valence-corrected chi connectivity index (χ3v) is 1.16. The Morgan fingerprint density at radius 3 is 2.67 bits per heavy atom. The average Bonchev–Trinajstić information content (AvgIpc) is 1.83. The van der Waals surface area contributed by atoms with Crippen molar-refractivity contribution in [1.29, 1.82) is 0 Å². The first kappa shape index (κ1) is 5.88. The molecule has 1 rings (SSSR count). The average molecular weight is 125 g/mol. The highest BCUT2D eigenvalue weighted by Crippen LogP contribution is 1.98. The van der Waals surface area contributed by atoms with Crippen molar-refractivity contribution in [3.05, 3.63) is 28.6 Å². The largest absolute Gasteiger partial charge is 0.494 e. The molecule has 0 aromatic carbocycles. The van der Waals surface area contributed by atoms with Gasteiger partial charge in [-0.1, -0.05) is 6.07 Å². The van der Waals surface area contributed by atoms with E-state index in [4.69, 9.17) is 5.11 Å². The number of aromatic hydroxyl groups is 1. The van der Waals surface area contributed by atoms with Gasteiger partial charge in [-0.15, -0.1) is 0 Å². The number of hydrogen-bond acceptors (Lipinski definition) is 2. The molecule has 3 nitrogen and oxygen atoms in total. The number of hydrogen-bond donors (Lipinski definition) is 1. The second kappa shape index (κ2) is 1.93. The van der Waals surface area contributed by atoms with Crippen molar-refractivity contribution in [2.24, 2.45) is 7.05 Å². The third kappa shape index (κ3) is 0.937. The van der Waals surface area contributed by atoms with Crippen molar-refractivity contribution in [3.63, 3.8) is 0 Å². The summed E-state index contributed by atoms with van der Waals surface area (Å²) in [6.45, 7) is 0. The zero-order chi connectivity index (χ0) is 6.85. The monoisotopic (exact) mass is 125 g/mol. The van der Waals surface area contributed by atoms with Gasteiger partial charge in [-0.25, -0.2) is 0 Å². The molecule has 0 unspecified atom stereocenters. The fourth-order valence-corrected chi connectivity index (χ4v) is 0.553. The fraction of sp³-hybridized carbons (Fsp3) is 0.167. The van der Waals surface area contributed by atoms with Crippen molar-refractivity contribution in [1.82, 2.24) is 4.57 Å². The first-order chi connectivity index (χ1) is 4.22. The van der Waals surface area contributed by atoms with Crippen LogP contribution in [0.2, 0.25) is 0 Å². The van der Waals surface area contributed by atoms with E-state index in [1.54, 1.807) is 0 Å². The van der Waals surface area contributed by atoms with E-state index in [1.165, 1.54) is 29.8 Å². The first-order valence-electron chi connectivity index (χ1n) is 2.57. The van der Waals surface area contributed by atoms with E-state index in [0.717, 1.165) is 0 Å². The van der Waals surface area contributed by atoms with Gasteiger partial charge in [-0.3, -0.25) is 9.36 Å². The van der Waals surface area contributed by atoms with Gasteiger partial charge in [-0.2, -0.15) is 0 Å². The van der Waals surface area contributed by atoms with Crippen molar-refractivity contribution in [2.45, 2.75) is 0 Å². The van der Waals surface area contributed by atoms with Crippen LogP contribution in [0.25, 0.3) is 0 Å². The highest BCUT2D eigenvalue weighted by molar-refractivity contribution is 5.09. The SMILES string of the molecule is Cn1c(O)cccc1=O. The first-order valence-corrected chi connectivity index (χ1v) is 2.57. The molecule has 0 saturated heterocycles. The van der Waals surface area contributed by atoms with Crippen molar-refractivity contribution >= 4 is 0 Å². The summed E-state index contributed by atoms with van der Waals surface area (Å²) < 4.78 is 1.17. The molecule has 3 heteroatoms. The minimum atomic E-state index is -0.199. The molecule has 1 aromatic heterocycles. The van der Waals surface area contributed by atoms with E-state index in [0.29, 0.717) is 0 Å². The van der Waals surface area contributed by atoms with Gasteiger partial charge >= 0.3 is 0 Å². The Hall–Kier alpha value is -1.25. The highest BCUT2D eigenvalue weighted by atomic mass is 16.3. The van der Waals surface area contributed by atoms with Crippen LogP contribution in [0, 0.1) is 0 Å². The summed E-state index contributed by atoms with van der Waals surface area (Å²) in [5.74, 6) is -0.0116. The molecule has 48 valence electrons. The van der Waals surface area contributed by atoms with Gasteiger partial charge in [0.2, 0.25) is 0 Å². The van der Waals surface area contributed by atoms with Gasteiger partial charge in [0.15, 0.2) is 5.88 Å². The topological polar surface area (TPSA) is 42.2 Å². The summed E-state index contributed by atoms with van der Waals surface area (Å²) in [6.07, 6.45) is 0. The highest BCUT2D eigenvalue weighted by Gasteiger charge is 1.91. The molecule has 0 amide bonds. The summed E-state index contributed by atoms with van der Waals surface area (Å²) in [5.41, 5.74) is -0.199. The minimum Gasteiger partial charge on any atom is -0.494 e. The Balaban J connectivity index is 3.43. The molecule has 0 saturated carbocycles. The Morgan fingerprint density at radius 1 is 1.56 bits per heavy atom. The maximum Gasteiger partial charge on any atom is 0.253 e. The van der Waals surface area contributed by atoms with Crippen LogP contribution in [0.5, 0.6) is 5.88 Å². The Kier molecular flexibility index (Phi) is 1.26. The predicted molar refractivity (Wildman–Crippen MR) is 33.3 cm³/mol. The molecule has 0 atom stereocenters. The molecule has 0 radical (unpaired) electrons. The maximum absolute atomic E-state index is 10.6. The van der Waals surface area contributed by atoms with Crippen LogP contribution in [0.4, 0.5) is 0 Å². The lowest BCUT2D eigenvalue weighted by Crippen LogP contribution is -2.13. The number of pyridine rings is 1. The number of rotatable bonds is 0. The molecule has 0 aliphatic heterocycles. The van der Waals surface area contributed by atoms with Gasteiger partial charge in [-0.05, 0) is 6.07 Å².